The van der Waals surface area contributed by atoms with Gasteiger partial charge in [0.25, 0.3) is 0 Å². The van der Waals surface area contributed by atoms with E-state index in [1.54, 1.807) is 11.1 Å². The van der Waals surface area contributed by atoms with Crippen molar-refractivity contribution in [2.24, 2.45) is 5.41 Å². The molecule has 22 heavy (non-hydrogen) atoms. The Morgan fingerprint density at radius 1 is 1.00 bits per heavy atom. The minimum atomic E-state index is -1.59. The van der Waals surface area contributed by atoms with E-state index in [-0.39, 0.29) is 10.8 Å². The van der Waals surface area contributed by atoms with Crippen molar-refractivity contribution in [2.75, 3.05) is 0 Å². The number of hydrogen-bond donors (Lipinski definition) is 0. The fourth-order valence-corrected chi connectivity index (χ4v) is 21.8. The molecule has 2 aliphatic rings. The van der Waals surface area contributed by atoms with Crippen molar-refractivity contribution in [1.82, 2.24) is 0 Å². The summed E-state index contributed by atoms with van der Waals surface area (Å²) in [6, 6.07) is 9.05. The molecule has 0 radical (unpaired) electrons. The Kier molecular flexibility index (Phi) is 4.63. The molecule has 0 saturated heterocycles. The van der Waals surface area contributed by atoms with Crippen LogP contribution in [0.5, 0.6) is 0 Å². The van der Waals surface area contributed by atoms with Crippen LogP contribution in [0.3, 0.4) is 0 Å². The Morgan fingerprint density at radius 3 is 2.36 bits per heavy atom. The third-order valence-electron chi connectivity index (χ3n) is 4.78. The molecular weight excluding hydrogens is 360 g/mol. The Hall–Kier alpha value is -0.460. The van der Waals surface area contributed by atoms with Crippen LogP contribution in [-0.4, -0.2) is 5.43 Å². The van der Waals surface area contributed by atoms with Gasteiger partial charge in [-0.05, 0) is 0 Å². The van der Waals surface area contributed by atoms with Crippen LogP contribution in [0.2, 0.25) is 16.7 Å². The maximum atomic E-state index is 2.63. The molecule has 0 amide bonds. The second-order valence-corrected chi connectivity index (χ2v) is 25.9. The van der Waals surface area contributed by atoms with Gasteiger partial charge in [-0.1, -0.05) is 0 Å². The molecular formula is C20H26SiZr. The number of hydrogen-bond acceptors (Lipinski definition) is 0. The van der Waals surface area contributed by atoms with Gasteiger partial charge in [-0.3, -0.25) is 0 Å². The van der Waals surface area contributed by atoms with Gasteiger partial charge < -0.3 is 0 Å². The molecule has 0 nitrogen and oxygen atoms in total. The Bertz CT molecular complexity index is 709. The van der Waals surface area contributed by atoms with Crippen LogP contribution in [0.25, 0.3) is 6.08 Å². The first-order valence-electron chi connectivity index (χ1n) is 8.23. The molecule has 2 aliphatic carbocycles. The quantitative estimate of drug-likeness (QED) is 0.551. The molecule has 3 rings (SSSR count). The SMILES string of the molecule is C[Si](C)=[Zr]([CH]1C=CC(C(C)(C)C)=C1)[CH]1C=Cc2ccccc21. The zero-order chi connectivity index (χ0) is 15.9. The van der Waals surface area contributed by atoms with Gasteiger partial charge in [-0.15, -0.1) is 0 Å². The van der Waals surface area contributed by atoms with Crippen molar-refractivity contribution in [3.63, 3.8) is 0 Å². The third-order valence-corrected chi connectivity index (χ3v) is 23.8. The topological polar surface area (TPSA) is 0 Å². The van der Waals surface area contributed by atoms with E-state index in [1.165, 1.54) is 5.56 Å². The third kappa shape index (κ3) is 3.10. The molecule has 0 heterocycles. The first-order chi connectivity index (χ1) is 10.4. The Labute approximate surface area is 143 Å². The molecule has 2 unspecified atom stereocenters. The first-order valence-corrected chi connectivity index (χ1v) is 17.3. The first kappa shape index (κ1) is 16.4. The summed E-state index contributed by atoms with van der Waals surface area (Å²) in [6.45, 7) is 12.1. The van der Waals surface area contributed by atoms with Crippen molar-refractivity contribution in [1.29, 1.82) is 0 Å². The van der Waals surface area contributed by atoms with Gasteiger partial charge in [0, 0.05) is 0 Å². The van der Waals surface area contributed by atoms with Crippen molar-refractivity contribution < 1.29 is 20.4 Å². The van der Waals surface area contributed by atoms with Gasteiger partial charge >= 0.3 is 144 Å². The van der Waals surface area contributed by atoms with Crippen molar-refractivity contribution in [2.45, 2.75) is 41.1 Å². The van der Waals surface area contributed by atoms with Crippen LogP contribution in [0.15, 0.2) is 54.1 Å². The van der Waals surface area contributed by atoms with Crippen molar-refractivity contribution in [3.8, 4) is 0 Å². The zero-order valence-corrected chi connectivity index (χ0v) is 17.8. The van der Waals surface area contributed by atoms with Gasteiger partial charge in [-0.2, -0.15) is 0 Å². The Balaban J connectivity index is 1.99. The normalized spacial score (nSPS) is 22.7. The second kappa shape index (κ2) is 6.21. The summed E-state index contributed by atoms with van der Waals surface area (Å²) in [6.07, 6.45) is 12.5. The molecule has 0 bridgehead atoms. The van der Waals surface area contributed by atoms with Crippen LogP contribution in [-0.2, 0) is 20.4 Å². The van der Waals surface area contributed by atoms with Gasteiger partial charge in [-0.25, -0.2) is 0 Å². The zero-order valence-electron chi connectivity index (χ0n) is 14.4. The fourth-order valence-electron chi connectivity index (χ4n) is 3.58. The summed E-state index contributed by atoms with van der Waals surface area (Å²) < 4.78 is 1.58. The summed E-state index contributed by atoms with van der Waals surface area (Å²) in [5.74, 6) is 0. The molecule has 0 aliphatic heterocycles. The van der Waals surface area contributed by atoms with E-state index in [0.717, 1.165) is 7.25 Å². The number of benzene rings is 1. The molecule has 0 fully saturated rings. The molecule has 0 aromatic heterocycles. The van der Waals surface area contributed by atoms with Gasteiger partial charge in [0.05, 0.1) is 0 Å². The van der Waals surface area contributed by atoms with Crippen LogP contribution >= 0.6 is 0 Å². The molecule has 1 aromatic rings. The molecule has 0 saturated carbocycles. The molecule has 2 heteroatoms. The van der Waals surface area contributed by atoms with E-state index in [2.05, 4.69) is 88.5 Å². The molecule has 2 atom stereocenters. The molecule has 1 aromatic carbocycles. The molecule has 0 N–H and O–H groups in total. The number of allylic oxidation sites excluding steroid dienone is 5. The van der Waals surface area contributed by atoms with Crippen LogP contribution in [0.1, 0.15) is 35.5 Å². The van der Waals surface area contributed by atoms with E-state index in [4.69, 9.17) is 0 Å². The van der Waals surface area contributed by atoms with Crippen LogP contribution in [0.4, 0.5) is 0 Å². The van der Waals surface area contributed by atoms with Gasteiger partial charge in [0.2, 0.25) is 0 Å². The second-order valence-electron chi connectivity index (χ2n) is 7.68. The maximum absolute atomic E-state index is 2.63. The number of rotatable bonds is 2. The van der Waals surface area contributed by atoms with E-state index in [1.807, 2.05) is 0 Å². The molecule has 0 spiro atoms. The standard InChI is InChI=1S/C9H7.C9H13.C2H6Si.Zr/c1-2-5-9-7-3-6-8(9)4-1;1-9(2,3)8-6-4-5-7-8;1-3-2;/h1-7H;4-7H,1-3H3;1-2H3;. The fraction of sp³-hybridized carbons (Fsp3) is 0.400. The van der Waals surface area contributed by atoms with Crippen LogP contribution < -0.4 is 0 Å². The van der Waals surface area contributed by atoms with Gasteiger partial charge in [0.1, 0.15) is 0 Å². The molecule has 114 valence electrons. The van der Waals surface area contributed by atoms with E-state index in [9.17, 15) is 0 Å². The summed E-state index contributed by atoms with van der Waals surface area (Å²) >= 11 is -1.59. The number of fused-ring (bicyclic) bond motifs is 1. The van der Waals surface area contributed by atoms with E-state index in [0.29, 0.717) is 0 Å². The average Bonchev–Trinajstić information content (AvgIpc) is 3.06. The van der Waals surface area contributed by atoms with Crippen molar-refractivity contribution in [3.05, 3.63) is 65.3 Å². The minimum absolute atomic E-state index is 0.199. The predicted molar refractivity (Wildman–Crippen MR) is 96.1 cm³/mol. The van der Waals surface area contributed by atoms with Crippen LogP contribution in [0, 0.1) is 5.41 Å². The Morgan fingerprint density at radius 2 is 1.73 bits per heavy atom. The predicted octanol–water partition coefficient (Wildman–Crippen LogP) is 5.95. The summed E-state index contributed by atoms with van der Waals surface area (Å²) in [7, 11) is 0. The summed E-state index contributed by atoms with van der Waals surface area (Å²) in [5, 5.41) is 0. The average molecular weight is 386 g/mol. The summed E-state index contributed by atoms with van der Waals surface area (Å²) in [5.41, 5.74) is 4.73. The van der Waals surface area contributed by atoms with E-state index < -0.39 is 20.4 Å². The van der Waals surface area contributed by atoms with Crippen molar-refractivity contribution >= 4 is 11.5 Å². The van der Waals surface area contributed by atoms with E-state index >= 15 is 0 Å². The summed E-state index contributed by atoms with van der Waals surface area (Å²) in [4.78, 5) is 0. The van der Waals surface area contributed by atoms with Gasteiger partial charge in [0.15, 0.2) is 0 Å². The monoisotopic (exact) mass is 384 g/mol.